The first kappa shape index (κ1) is 13.7. The summed E-state index contributed by atoms with van der Waals surface area (Å²) in [5.41, 5.74) is 3.04. The van der Waals surface area contributed by atoms with Crippen LogP contribution in [0.4, 0.5) is 5.69 Å². The molecule has 1 unspecified atom stereocenters. The van der Waals surface area contributed by atoms with Crippen LogP contribution in [0.25, 0.3) is 0 Å². The zero-order valence-electron chi connectivity index (χ0n) is 12.9. The van der Waals surface area contributed by atoms with Crippen molar-refractivity contribution in [1.29, 1.82) is 0 Å². The van der Waals surface area contributed by atoms with E-state index in [-0.39, 0.29) is 0 Å². The van der Waals surface area contributed by atoms with E-state index in [0.717, 1.165) is 18.8 Å². The summed E-state index contributed by atoms with van der Waals surface area (Å²) >= 11 is 0. The van der Waals surface area contributed by atoms with Crippen molar-refractivity contribution < 1.29 is 4.74 Å². The molecule has 0 bridgehead atoms. The fourth-order valence-corrected chi connectivity index (χ4v) is 3.80. The molecule has 110 valence electrons. The Morgan fingerprint density at radius 1 is 1.30 bits per heavy atom. The lowest BCUT2D eigenvalue weighted by Gasteiger charge is -2.47. The van der Waals surface area contributed by atoms with Crippen LogP contribution >= 0.6 is 0 Å². The van der Waals surface area contributed by atoms with Gasteiger partial charge >= 0.3 is 0 Å². The number of aryl methyl sites for hydroxylation is 1. The molecule has 1 spiro atoms. The molecule has 1 atom stereocenters. The third-order valence-corrected chi connectivity index (χ3v) is 5.05. The summed E-state index contributed by atoms with van der Waals surface area (Å²) in [6.45, 7) is 6.74. The molecule has 1 aliphatic carbocycles. The van der Waals surface area contributed by atoms with E-state index < -0.39 is 0 Å². The average molecular weight is 274 g/mol. The van der Waals surface area contributed by atoms with E-state index in [0.29, 0.717) is 11.6 Å². The van der Waals surface area contributed by atoms with E-state index in [1.54, 1.807) is 7.11 Å². The second-order valence-corrected chi connectivity index (χ2v) is 6.50. The van der Waals surface area contributed by atoms with Gasteiger partial charge in [-0.15, -0.1) is 0 Å². The van der Waals surface area contributed by atoms with Crippen molar-refractivity contribution in [3.05, 3.63) is 23.8 Å². The molecule has 20 heavy (non-hydrogen) atoms. The highest BCUT2D eigenvalue weighted by Crippen LogP contribution is 2.36. The quantitative estimate of drug-likeness (QED) is 0.897. The minimum absolute atomic E-state index is 0.360. The number of hydrogen-bond donors (Lipinski definition) is 1. The van der Waals surface area contributed by atoms with E-state index in [9.17, 15) is 0 Å². The Morgan fingerprint density at radius 2 is 2.05 bits per heavy atom. The number of piperazine rings is 1. The molecule has 2 aliphatic rings. The predicted octanol–water partition coefficient (Wildman–Crippen LogP) is 3.11. The zero-order chi connectivity index (χ0) is 14.2. The smallest absolute Gasteiger partial charge is 0.119 e. The lowest BCUT2D eigenvalue weighted by atomic mass is 9.92. The number of methoxy groups -OCH3 is 1. The minimum Gasteiger partial charge on any atom is -0.497 e. The van der Waals surface area contributed by atoms with Crippen molar-refractivity contribution in [2.45, 2.75) is 51.1 Å². The third kappa shape index (κ3) is 2.39. The Kier molecular flexibility index (Phi) is 3.63. The van der Waals surface area contributed by atoms with Crippen LogP contribution in [-0.4, -0.2) is 31.8 Å². The summed E-state index contributed by atoms with van der Waals surface area (Å²) in [4.78, 5) is 2.59. The fraction of sp³-hybridized carbons (Fsp3) is 0.647. The maximum atomic E-state index is 5.33. The first-order valence-electron chi connectivity index (χ1n) is 7.80. The van der Waals surface area contributed by atoms with Gasteiger partial charge in [-0.3, -0.25) is 0 Å². The Bertz CT molecular complexity index is 480. The molecule has 1 heterocycles. The van der Waals surface area contributed by atoms with Gasteiger partial charge < -0.3 is 15.0 Å². The van der Waals surface area contributed by atoms with Crippen LogP contribution in [0.15, 0.2) is 18.2 Å². The van der Waals surface area contributed by atoms with Crippen LogP contribution in [0.5, 0.6) is 5.75 Å². The molecule has 3 nitrogen and oxygen atoms in total. The summed E-state index contributed by atoms with van der Waals surface area (Å²) in [7, 11) is 1.73. The Balaban J connectivity index is 1.87. The van der Waals surface area contributed by atoms with Crippen LogP contribution in [0.2, 0.25) is 0 Å². The van der Waals surface area contributed by atoms with Crippen LogP contribution in [-0.2, 0) is 0 Å². The van der Waals surface area contributed by atoms with Crippen LogP contribution in [0, 0.1) is 6.92 Å². The highest BCUT2D eigenvalue weighted by molar-refractivity contribution is 5.57. The fourth-order valence-electron chi connectivity index (χ4n) is 3.80. The molecule has 1 aromatic rings. The second kappa shape index (κ2) is 5.28. The monoisotopic (exact) mass is 274 g/mol. The molecular formula is C17H26N2O. The average Bonchev–Trinajstić information content (AvgIpc) is 2.90. The van der Waals surface area contributed by atoms with Gasteiger partial charge in [0, 0.05) is 30.4 Å². The van der Waals surface area contributed by atoms with E-state index in [1.165, 1.54) is 36.9 Å². The van der Waals surface area contributed by atoms with Crippen molar-refractivity contribution in [2.75, 3.05) is 25.1 Å². The molecule has 3 rings (SSSR count). The lowest BCUT2D eigenvalue weighted by Crippen LogP contribution is -2.62. The number of nitrogens with zero attached hydrogens (tertiary/aromatic N) is 1. The van der Waals surface area contributed by atoms with Gasteiger partial charge in [-0.05, 0) is 50.5 Å². The summed E-state index contributed by atoms with van der Waals surface area (Å²) in [6.07, 6.45) is 5.39. The molecule has 0 aromatic heterocycles. The molecule has 1 saturated carbocycles. The van der Waals surface area contributed by atoms with Gasteiger partial charge in [0.05, 0.1) is 7.11 Å². The molecule has 0 amide bonds. The Labute approximate surface area is 122 Å². The van der Waals surface area contributed by atoms with Gasteiger partial charge in [-0.1, -0.05) is 12.8 Å². The largest absolute Gasteiger partial charge is 0.497 e. The minimum atomic E-state index is 0.360. The third-order valence-electron chi connectivity index (χ3n) is 5.05. The summed E-state index contributed by atoms with van der Waals surface area (Å²) in [5.74, 6) is 0.949. The number of anilines is 1. The van der Waals surface area contributed by atoms with Crippen molar-refractivity contribution in [2.24, 2.45) is 0 Å². The van der Waals surface area contributed by atoms with Gasteiger partial charge in [-0.25, -0.2) is 0 Å². The Morgan fingerprint density at radius 3 is 2.70 bits per heavy atom. The van der Waals surface area contributed by atoms with Gasteiger partial charge in [0.15, 0.2) is 0 Å². The molecular weight excluding hydrogens is 248 g/mol. The van der Waals surface area contributed by atoms with E-state index in [1.807, 2.05) is 0 Å². The number of rotatable bonds is 2. The van der Waals surface area contributed by atoms with Crippen LogP contribution in [0.1, 0.15) is 38.2 Å². The van der Waals surface area contributed by atoms with Crippen LogP contribution < -0.4 is 15.0 Å². The van der Waals surface area contributed by atoms with E-state index in [2.05, 4.69) is 42.3 Å². The highest BCUT2D eigenvalue weighted by atomic mass is 16.5. The predicted molar refractivity (Wildman–Crippen MR) is 83.7 cm³/mol. The van der Waals surface area contributed by atoms with Crippen molar-refractivity contribution in [1.82, 2.24) is 5.32 Å². The molecule has 1 aliphatic heterocycles. The second-order valence-electron chi connectivity index (χ2n) is 6.50. The molecule has 1 saturated heterocycles. The summed E-state index contributed by atoms with van der Waals surface area (Å²) in [5, 5.41) is 3.82. The number of benzene rings is 1. The maximum Gasteiger partial charge on any atom is 0.119 e. The van der Waals surface area contributed by atoms with Crippen molar-refractivity contribution in [3.8, 4) is 5.75 Å². The van der Waals surface area contributed by atoms with Crippen LogP contribution in [0.3, 0.4) is 0 Å². The molecule has 1 aromatic carbocycles. The molecule has 1 N–H and O–H groups in total. The maximum absolute atomic E-state index is 5.33. The lowest BCUT2D eigenvalue weighted by molar-refractivity contribution is 0.276. The van der Waals surface area contributed by atoms with Crippen molar-refractivity contribution >= 4 is 5.69 Å². The number of hydrogen-bond acceptors (Lipinski definition) is 3. The number of nitrogens with one attached hydrogen (secondary N) is 1. The number of ether oxygens (including phenoxy) is 1. The van der Waals surface area contributed by atoms with Gasteiger partial charge in [0.2, 0.25) is 0 Å². The van der Waals surface area contributed by atoms with Gasteiger partial charge in [0.1, 0.15) is 5.75 Å². The standard InChI is InChI=1S/C17H26N2O/c1-13-10-15(20-3)6-7-16(13)19-12-17(8-4-5-9-17)18-11-14(19)2/h6-7,10,14,18H,4-5,8-9,11-12H2,1-3H3. The molecule has 0 radical (unpaired) electrons. The van der Waals surface area contributed by atoms with Gasteiger partial charge in [0.25, 0.3) is 0 Å². The molecule has 3 heteroatoms. The first-order chi connectivity index (χ1) is 9.63. The topological polar surface area (TPSA) is 24.5 Å². The highest BCUT2D eigenvalue weighted by Gasteiger charge is 2.40. The van der Waals surface area contributed by atoms with Crippen molar-refractivity contribution in [3.63, 3.8) is 0 Å². The van der Waals surface area contributed by atoms with E-state index in [4.69, 9.17) is 4.74 Å². The SMILES string of the molecule is COc1ccc(N2CC3(CCCC3)NCC2C)c(C)c1. The Hall–Kier alpha value is -1.22. The zero-order valence-corrected chi connectivity index (χ0v) is 12.9. The summed E-state index contributed by atoms with van der Waals surface area (Å²) < 4.78 is 5.33. The summed E-state index contributed by atoms with van der Waals surface area (Å²) in [6, 6.07) is 7.00. The molecule has 2 fully saturated rings. The van der Waals surface area contributed by atoms with Gasteiger partial charge in [-0.2, -0.15) is 0 Å². The normalized spacial score (nSPS) is 25.1. The van der Waals surface area contributed by atoms with E-state index >= 15 is 0 Å². The first-order valence-corrected chi connectivity index (χ1v) is 7.80.